The number of hydrogen-bond donors (Lipinski definition) is 2. The molecule has 0 aromatic heterocycles. The SMILES string of the molecule is O=C1NC(=O)/C(=C/c2ccc(O)c(I)c2)S1. The van der Waals surface area contributed by atoms with Crippen molar-refractivity contribution in [2.45, 2.75) is 0 Å². The van der Waals surface area contributed by atoms with E-state index in [9.17, 15) is 14.7 Å². The van der Waals surface area contributed by atoms with Crippen LogP contribution in [0.5, 0.6) is 5.75 Å². The second-order valence-corrected chi connectivity index (χ2v) is 5.24. The molecule has 4 nitrogen and oxygen atoms in total. The first kappa shape index (κ1) is 11.5. The van der Waals surface area contributed by atoms with Crippen LogP contribution in [0.25, 0.3) is 6.08 Å². The average Bonchev–Trinajstić information content (AvgIpc) is 2.51. The van der Waals surface area contributed by atoms with Gasteiger partial charge in [0, 0.05) is 0 Å². The zero-order valence-electron chi connectivity index (χ0n) is 7.86. The molecule has 0 bridgehead atoms. The van der Waals surface area contributed by atoms with E-state index < -0.39 is 0 Å². The number of nitrogens with one attached hydrogen (secondary N) is 1. The molecule has 1 fully saturated rings. The number of rotatable bonds is 1. The van der Waals surface area contributed by atoms with Gasteiger partial charge in [0.05, 0.1) is 8.48 Å². The molecule has 2 amide bonds. The van der Waals surface area contributed by atoms with Gasteiger partial charge in [0.2, 0.25) is 0 Å². The van der Waals surface area contributed by atoms with E-state index in [2.05, 4.69) is 5.32 Å². The maximum Gasteiger partial charge on any atom is 0.290 e. The average molecular weight is 347 g/mol. The molecule has 1 heterocycles. The number of phenolic OH excluding ortho intramolecular Hbond substituents is 1. The molecule has 0 aliphatic carbocycles. The quantitative estimate of drug-likeness (QED) is 0.605. The van der Waals surface area contributed by atoms with Crippen LogP contribution in [0.15, 0.2) is 23.1 Å². The molecule has 0 unspecified atom stereocenters. The van der Waals surface area contributed by atoms with Crippen molar-refractivity contribution >= 4 is 51.6 Å². The summed E-state index contributed by atoms with van der Waals surface area (Å²) in [5, 5.41) is 11.2. The van der Waals surface area contributed by atoms with E-state index in [-0.39, 0.29) is 16.9 Å². The van der Waals surface area contributed by atoms with E-state index >= 15 is 0 Å². The minimum absolute atomic E-state index is 0.197. The first-order chi connectivity index (χ1) is 7.56. The number of imide groups is 1. The van der Waals surface area contributed by atoms with Gasteiger partial charge in [-0.05, 0) is 58.1 Å². The molecule has 1 aromatic carbocycles. The van der Waals surface area contributed by atoms with E-state index in [1.54, 1.807) is 24.3 Å². The number of hydrogen-bond acceptors (Lipinski definition) is 4. The number of carbonyl (C=O) groups excluding carboxylic acids is 2. The van der Waals surface area contributed by atoms with Crippen LogP contribution in [0.4, 0.5) is 4.79 Å². The molecule has 1 saturated heterocycles. The molecule has 6 heteroatoms. The monoisotopic (exact) mass is 347 g/mol. The minimum Gasteiger partial charge on any atom is -0.507 e. The van der Waals surface area contributed by atoms with E-state index in [1.807, 2.05) is 22.6 Å². The first-order valence-electron chi connectivity index (χ1n) is 4.29. The van der Waals surface area contributed by atoms with Gasteiger partial charge in [-0.3, -0.25) is 14.9 Å². The van der Waals surface area contributed by atoms with Crippen molar-refractivity contribution in [3.05, 3.63) is 32.2 Å². The molecule has 1 aliphatic heterocycles. The molecule has 0 saturated carbocycles. The predicted octanol–water partition coefficient (Wildman–Crippen LogP) is 2.32. The zero-order chi connectivity index (χ0) is 11.7. The summed E-state index contributed by atoms with van der Waals surface area (Å²) in [4.78, 5) is 22.6. The van der Waals surface area contributed by atoms with E-state index in [0.717, 1.165) is 17.3 Å². The lowest BCUT2D eigenvalue weighted by Gasteiger charge is -1.98. The minimum atomic E-state index is -0.377. The molecule has 0 radical (unpaired) electrons. The highest BCUT2D eigenvalue weighted by Crippen LogP contribution is 2.27. The summed E-state index contributed by atoms with van der Waals surface area (Å²) >= 11 is 2.87. The van der Waals surface area contributed by atoms with Crippen LogP contribution in [-0.4, -0.2) is 16.3 Å². The standard InChI is InChI=1S/C10H6INO3S/c11-6-3-5(1-2-7(6)13)4-8-9(14)12-10(15)16-8/h1-4,13H,(H,12,14,15)/b8-4-. The molecule has 16 heavy (non-hydrogen) atoms. The van der Waals surface area contributed by atoms with Crippen molar-refractivity contribution in [3.8, 4) is 5.75 Å². The summed E-state index contributed by atoms with van der Waals surface area (Å²) in [7, 11) is 0. The van der Waals surface area contributed by atoms with Crippen molar-refractivity contribution in [1.29, 1.82) is 0 Å². The van der Waals surface area contributed by atoms with Crippen LogP contribution >= 0.6 is 34.4 Å². The number of halogens is 1. The van der Waals surface area contributed by atoms with Crippen LogP contribution in [0.1, 0.15) is 5.56 Å². The van der Waals surface area contributed by atoms with Crippen LogP contribution in [0.2, 0.25) is 0 Å². The number of amides is 2. The Bertz CT molecular complexity index is 513. The van der Waals surface area contributed by atoms with Crippen LogP contribution in [0, 0.1) is 3.57 Å². The van der Waals surface area contributed by atoms with Gasteiger partial charge in [0.1, 0.15) is 5.75 Å². The van der Waals surface area contributed by atoms with Crippen LogP contribution in [-0.2, 0) is 4.79 Å². The van der Waals surface area contributed by atoms with Crippen molar-refractivity contribution in [1.82, 2.24) is 5.32 Å². The Balaban J connectivity index is 2.32. The third kappa shape index (κ3) is 2.38. The number of phenols is 1. The van der Waals surface area contributed by atoms with Gasteiger partial charge in [0.25, 0.3) is 11.1 Å². The summed E-state index contributed by atoms with van der Waals surface area (Å²) in [6.45, 7) is 0. The smallest absolute Gasteiger partial charge is 0.290 e. The molecular weight excluding hydrogens is 341 g/mol. The summed E-state index contributed by atoms with van der Waals surface area (Å²) < 4.78 is 0.696. The van der Waals surface area contributed by atoms with Crippen molar-refractivity contribution in [3.63, 3.8) is 0 Å². The van der Waals surface area contributed by atoms with E-state index in [4.69, 9.17) is 0 Å². The van der Waals surface area contributed by atoms with Crippen LogP contribution < -0.4 is 5.32 Å². The summed E-state index contributed by atoms with van der Waals surface area (Å²) in [6, 6.07) is 4.97. The van der Waals surface area contributed by atoms with Gasteiger partial charge in [-0.15, -0.1) is 0 Å². The first-order valence-corrected chi connectivity index (χ1v) is 6.19. The van der Waals surface area contributed by atoms with Crippen molar-refractivity contribution in [2.75, 3.05) is 0 Å². The maximum absolute atomic E-state index is 11.3. The highest BCUT2D eigenvalue weighted by Gasteiger charge is 2.24. The maximum atomic E-state index is 11.3. The highest BCUT2D eigenvalue weighted by atomic mass is 127. The lowest BCUT2D eigenvalue weighted by atomic mass is 10.2. The second kappa shape index (κ2) is 4.46. The predicted molar refractivity (Wildman–Crippen MR) is 69.9 cm³/mol. The fraction of sp³-hybridized carbons (Fsp3) is 0. The van der Waals surface area contributed by atoms with Gasteiger partial charge in [-0.25, -0.2) is 0 Å². The van der Waals surface area contributed by atoms with Crippen LogP contribution in [0.3, 0.4) is 0 Å². The lowest BCUT2D eigenvalue weighted by Crippen LogP contribution is -2.17. The van der Waals surface area contributed by atoms with E-state index in [0.29, 0.717) is 8.48 Å². The summed E-state index contributed by atoms with van der Waals surface area (Å²) in [5.41, 5.74) is 0.773. The Kier molecular flexibility index (Phi) is 3.20. The van der Waals surface area contributed by atoms with Gasteiger partial charge < -0.3 is 5.11 Å². The third-order valence-electron chi connectivity index (χ3n) is 1.91. The Morgan fingerprint density at radius 3 is 2.69 bits per heavy atom. The van der Waals surface area contributed by atoms with Crippen molar-refractivity contribution in [2.24, 2.45) is 0 Å². The largest absolute Gasteiger partial charge is 0.507 e. The second-order valence-electron chi connectivity index (χ2n) is 3.06. The summed E-state index contributed by atoms with van der Waals surface area (Å²) in [5.74, 6) is -0.180. The number of thioether (sulfide) groups is 1. The zero-order valence-corrected chi connectivity index (χ0v) is 10.8. The molecule has 2 N–H and O–H groups in total. The third-order valence-corrected chi connectivity index (χ3v) is 3.59. The molecule has 1 aromatic rings. The molecular formula is C10H6INO3S. The Morgan fingerprint density at radius 2 is 2.12 bits per heavy atom. The Morgan fingerprint density at radius 1 is 1.38 bits per heavy atom. The fourth-order valence-corrected chi connectivity index (χ4v) is 2.41. The molecule has 0 atom stereocenters. The fourth-order valence-electron chi connectivity index (χ4n) is 1.19. The lowest BCUT2D eigenvalue weighted by molar-refractivity contribution is -0.115. The Hall–Kier alpha value is -1.02. The highest BCUT2D eigenvalue weighted by molar-refractivity contribution is 14.1. The summed E-state index contributed by atoms with van der Waals surface area (Å²) in [6.07, 6.45) is 1.62. The number of benzene rings is 1. The Labute approximate surface area is 109 Å². The van der Waals surface area contributed by atoms with E-state index in [1.165, 1.54) is 0 Å². The number of carbonyl (C=O) groups is 2. The van der Waals surface area contributed by atoms with Gasteiger partial charge in [0.15, 0.2) is 0 Å². The molecule has 0 spiro atoms. The molecule has 1 aliphatic rings. The van der Waals surface area contributed by atoms with Crippen molar-refractivity contribution < 1.29 is 14.7 Å². The molecule has 82 valence electrons. The van der Waals surface area contributed by atoms with Gasteiger partial charge >= 0.3 is 0 Å². The van der Waals surface area contributed by atoms with Gasteiger partial charge in [-0.2, -0.15) is 0 Å². The van der Waals surface area contributed by atoms with Gasteiger partial charge in [-0.1, -0.05) is 6.07 Å². The normalized spacial score (nSPS) is 17.9. The number of aromatic hydroxyl groups is 1. The molecule has 2 rings (SSSR count). The topological polar surface area (TPSA) is 66.4 Å².